The average Bonchev–Trinajstić information content (AvgIpc) is 3.83. The fraction of sp³-hybridized carbons (Fsp3) is 0.853. The molecule has 1 aliphatic heterocycles. The Morgan fingerprint density at radius 3 is 2.08 bits per heavy atom. The van der Waals surface area contributed by atoms with Gasteiger partial charge in [0.1, 0.15) is 16.4 Å². The summed E-state index contributed by atoms with van der Waals surface area (Å²) in [6.07, 6.45) is 6.62. The molecule has 1 saturated heterocycles. The molecule has 4 rings (SSSR count). The molecule has 1 heterocycles. The molecular formula is C34H55Cl2N5O7S. The van der Waals surface area contributed by atoms with Crippen LogP contribution in [-0.4, -0.2) is 93.9 Å². The molecule has 5 atom stereocenters. The van der Waals surface area contributed by atoms with E-state index in [1.165, 1.54) is 4.90 Å². The number of Topliss-reactive ketones (excluding diaryl/α,β-unsaturated/α-hetero) is 1. The lowest BCUT2D eigenvalue weighted by Gasteiger charge is -2.41. The van der Waals surface area contributed by atoms with Gasteiger partial charge in [0.15, 0.2) is 9.84 Å². The van der Waals surface area contributed by atoms with E-state index in [0.717, 1.165) is 38.5 Å². The Labute approximate surface area is 301 Å². The minimum Gasteiger partial charge on any atom is -0.347 e. The number of nitrogens with zero attached hydrogens (tertiary/aromatic N) is 1. The van der Waals surface area contributed by atoms with Gasteiger partial charge >= 0.3 is 6.03 Å². The maximum Gasteiger partial charge on any atom is 0.315 e. The Balaban J connectivity index is 1.54. The third-order valence-electron chi connectivity index (χ3n) is 10.5. The molecule has 0 aromatic rings. The van der Waals surface area contributed by atoms with Gasteiger partial charge in [-0.2, -0.15) is 0 Å². The number of hydrogen-bond donors (Lipinski definition) is 4. The van der Waals surface area contributed by atoms with E-state index in [1.807, 2.05) is 6.92 Å². The number of piperidine rings is 1. The number of urea groups is 1. The van der Waals surface area contributed by atoms with Gasteiger partial charge in [-0.15, -0.1) is 23.2 Å². The molecule has 4 fully saturated rings. The predicted octanol–water partition coefficient (Wildman–Crippen LogP) is 3.77. The van der Waals surface area contributed by atoms with Crippen LogP contribution in [0.1, 0.15) is 113 Å². The van der Waals surface area contributed by atoms with Gasteiger partial charge < -0.3 is 26.2 Å². The second-order valence-electron chi connectivity index (χ2n) is 16.7. The van der Waals surface area contributed by atoms with E-state index in [-0.39, 0.29) is 24.8 Å². The SMILES string of the molecule is CCCCC(NC(=O)[C@@H]1[C@@H]2[C@H](CN1C(=O)[C@@H](NC(=O)NC1(CS(=O)(=O)C(C)(C)C)CCCCC1)C(C)(C)C)C2(Cl)Cl)C(=O)C(=O)NC1CC1. The molecule has 278 valence electrons. The van der Waals surface area contributed by atoms with Crippen molar-refractivity contribution in [2.24, 2.45) is 17.3 Å². The molecule has 4 N–H and O–H groups in total. The maximum atomic E-state index is 14.4. The van der Waals surface area contributed by atoms with Crippen LogP contribution in [-0.2, 0) is 29.0 Å². The highest BCUT2D eigenvalue weighted by atomic mass is 35.5. The number of unbranched alkanes of at least 4 members (excludes halogenated alkanes) is 1. The summed E-state index contributed by atoms with van der Waals surface area (Å²) >= 11 is 13.1. The Bertz CT molecular complexity index is 1410. The van der Waals surface area contributed by atoms with Gasteiger partial charge in [0.05, 0.1) is 22.1 Å². The van der Waals surface area contributed by atoms with E-state index in [4.69, 9.17) is 23.2 Å². The van der Waals surface area contributed by atoms with Gasteiger partial charge in [-0.05, 0) is 58.3 Å². The summed E-state index contributed by atoms with van der Waals surface area (Å²) in [6.45, 7) is 12.3. The minimum atomic E-state index is -3.58. The lowest BCUT2D eigenvalue weighted by molar-refractivity contribution is -0.144. The predicted molar refractivity (Wildman–Crippen MR) is 189 cm³/mol. The Morgan fingerprint density at radius 1 is 0.939 bits per heavy atom. The monoisotopic (exact) mass is 747 g/mol. The number of halogens is 2. The third kappa shape index (κ3) is 9.04. The van der Waals surface area contributed by atoms with Crippen LogP contribution in [0.25, 0.3) is 0 Å². The van der Waals surface area contributed by atoms with Crippen molar-refractivity contribution >= 4 is 62.6 Å². The van der Waals surface area contributed by atoms with Crippen molar-refractivity contribution in [2.45, 2.75) is 151 Å². The molecule has 4 aliphatic rings. The van der Waals surface area contributed by atoms with Crippen molar-refractivity contribution in [1.29, 1.82) is 0 Å². The number of ketones is 1. The van der Waals surface area contributed by atoms with Crippen LogP contribution in [0.5, 0.6) is 0 Å². The summed E-state index contributed by atoms with van der Waals surface area (Å²) in [5, 5.41) is 11.2. The number of nitrogens with one attached hydrogen (secondary N) is 4. The first kappa shape index (κ1) is 39.7. The number of alkyl halides is 2. The van der Waals surface area contributed by atoms with Gasteiger partial charge in [-0.1, -0.05) is 59.8 Å². The van der Waals surface area contributed by atoms with E-state index in [2.05, 4.69) is 21.3 Å². The van der Waals surface area contributed by atoms with E-state index < -0.39 is 89.4 Å². The largest absolute Gasteiger partial charge is 0.347 e. The molecular weight excluding hydrogens is 693 g/mol. The number of sulfone groups is 1. The van der Waals surface area contributed by atoms with Gasteiger partial charge in [-0.25, -0.2) is 13.2 Å². The first-order valence-electron chi connectivity index (χ1n) is 17.7. The highest BCUT2D eigenvalue weighted by Gasteiger charge is 2.74. The third-order valence-corrected chi connectivity index (χ3v) is 14.3. The van der Waals surface area contributed by atoms with Crippen LogP contribution in [0.4, 0.5) is 4.79 Å². The smallest absolute Gasteiger partial charge is 0.315 e. The quantitative estimate of drug-likeness (QED) is 0.164. The molecule has 3 saturated carbocycles. The second-order valence-corrected chi connectivity index (χ2v) is 20.9. The van der Waals surface area contributed by atoms with Crippen LogP contribution < -0.4 is 21.3 Å². The van der Waals surface area contributed by atoms with Crippen molar-refractivity contribution in [2.75, 3.05) is 12.3 Å². The standard InChI is InChI=1S/C34H55Cl2N5O7S/c1-8-9-13-22(25(42)28(44)37-20-14-15-20)38-27(43)24-23-21(34(23,35)36)18-41(24)29(45)26(31(2,3)4)39-30(46)40-33(16-11-10-12-17-33)19-49(47,48)32(5,6)7/h20-24,26H,8-19H2,1-7H3,(H,37,44)(H,38,43)(H2,39,40,46)/t21-,22?,23-,24-,26+/m0/s1. The molecule has 1 unspecified atom stereocenters. The molecule has 0 bridgehead atoms. The lowest BCUT2D eigenvalue weighted by Crippen LogP contribution is -2.64. The Kier molecular flexibility index (Phi) is 11.7. The number of fused-ring (bicyclic) bond motifs is 1. The number of amides is 5. The van der Waals surface area contributed by atoms with Crippen LogP contribution in [0.15, 0.2) is 0 Å². The summed E-state index contributed by atoms with van der Waals surface area (Å²) in [5.74, 6) is -3.87. The molecule has 3 aliphatic carbocycles. The zero-order valence-corrected chi connectivity index (χ0v) is 32.2. The lowest BCUT2D eigenvalue weighted by atomic mass is 9.83. The number of carbonyl (C=O) groups excluding carboxylic acids is 5. The van der Waals surface area contributed by atoms with Crippen LogP contribution >= 0.6 is 23.2 Å². The van der Waals surface area contributed by atoms with Gasteiger partial charge in [0.2, 0.25) is 17.6 Å². The van der Waals surface area contributed by atoms with Crippen LogP contribution in [0.3, 0.4) is 0 Å². The first-order valence-corrected chi connectivity index (χ1v) is 20.1. The first-order chi connectivity index (χ1) is 22.5. The Hall–Kier alpha value is -2.12. The van der Waals surface area contributed by atoms with Crippen molar-refractivity contribution in [1.82, 2.24) is 26.2 Å². The van der Waals surface area contributed by atoms with Crippen LogP contribution in [0, 0.1) is 17.3 Å². The van der Waals surface area contributed by atoms with Crippen molar-refractivity contribution in [3.63, 3.8) is 0 Å². The highest BCUT2D eigenvalue weighted by molar-refractivity contribution is 7.92. The fourth-order valence-electron chi connectivity index (χ4n) is 7.05. The van der Waals surface area contributed by atoms with Gasteiger partial charge in [-0.3, -0.25) is 19.2 Å². The molecule has 0 spiro atoms. The molecule has 0 aromatic heterocycles. The number of likely N-dealkylation sites (tertiary alicyclic amines) is 1. The number of rotatable bonds is 13. The number of hydrogen-bond acceptors (Lipinski definition) is 7. The van der Waals surface area contributed by atoms with Gasteiger partial charge in [0, 0.05) is 24.4 Å². The molecule has 15 heteroatoms. The highest BCUT2D eigenvalue weighted by Crippen LogP contribution is 2.65. The van der Waals surface area contributed by atoms with Crippen molar-refractivity contribution in [3.05, 3.63) is 0 Å². The summed E-state index contributed by atoms with van der Waals surface area (Å²) < 4.78 is 24.3. The van der Waals surface area contributed by atoms with E-state index in [9.17, 15) is 32.4 Å². The summed E-state index contributed by atoms with van der Waals surface area (Å²) in [6, 6.07) is -4.02. The normalized spacial score (nSPS) is 25.7. The summed E-state index contributed by atoms with van der Waals surface area (Å²) in [7, 11) is -3.58. The molecule has 5 amide bonds. The summed E-state index contributed by atoms with van der Waals surface area (Å²) in [4.78, 5) is 69.2. The molecule has 0 radical (unpaired) electrons. The average molecular weight is 749 g/mol. The molecule has 49 heavy (non-hydrogen) atoms. The second kappa shape index (κ2) is 14.5. The minimum absolute atomic E-state index is 0.0304. The zero-order valence-electron chi connectivity index (χ0n) is 29.9. The number of carbonyl (C=O) groups is 5. The molecule has 0 aromatic carbocycles. The zero-order chi connectivity index (χ0) is 36.7. The van der Waals surface area contributed by atoms with E-state index in [0.29, 0.717) is 19.3 Å². The Morgan fingerprint density at radius 2 is 1.55 bits per heavy atom. The van der Waals surface area contributed by atoms with Crippen LogP contribution in [0.2, 0.25) is 0 Å². The summed E-state index contributed by atoms with van der Waals surface area (Å²) in [5.41, 5.74) is -1.81. The van der Waals surface area contributed by atoms with Crippen molar-refractivity contribution in [3.8, 4) is 0 Å². The molecule has 12 nitrogen and oxygen atoms in total. The van der Waals surface area contributed by atoms with Gasteiger partial charge in [0.25, 0.3) is 5.91 Å². The van der Waals surface area contributed by atoms with E-state index in [1.54, 1.807) is 41.5 Å². The van der Waals surface area contributed by atoms with E-state index >= 15 is 0 Å². The van der Waals surface area contributed by atoms with Crippen molar-refractivity contribution < 1.29 is 32.4 Å². The topological polar surface area (TPSA) is 171 Å². The fourth-order valence-corrected chi connectivity index (χ4v) is 9.39. The maximum absolute atomic E-state index is 14.4.